The van der Waals surface area contributed by atoms with Gasteiger partial charge < -0.3 is 9.53 Å². The van der Waals surface area contributed by atoms with Crippen molar-refractivity contribution in [3.05, 3.63) is 0 Å². The standard InChI is InChI=1S/C9H17F5O2Si.Zn/c1-3-17(15,4-2)6-5-16-7-8(10,11)9(12,13)14;/h15H,3-7H2,1-2H3;. The van der Waals surface area contributed by atoms with Crippen LogP contribution in [0.5, 0.6) is 0 Å². The van der Waals surface area contributed by atoms with Crippen LogP contribution in [0.1, 0.15) is 13.8 Å². The van der Waals surface area contributed by atoms with Crippen molar-refractivity contribution in [2.45, 2.75) is 44.1 Å². The van der Waals surface area contributed by atoms with E-state index < -0.39 is 27.0 Å². The fourth-order valence-electron chi connectivity index (χ4n) is 1.15. The van der Waals surface area contributed by atoms with Gasteiger partial charge in [0, 0.05) is 26.1 Å². The molecule has 0 saturated heterocycles. The van der Waals surface area contributed by atoms with Crippen LogP contribution in [0.3, 0.4) is 0 Å². The Morgan fingerprint density at radius 1 is 1.06 bits per heavy atom. The van der Waals surface area contributed by atoms with Gasteiger partial charge in [-0.2, -0.15) is 22.0 Å². The summed E-state index contributed by atoms with van der Waals surface area (Å²) in [6.07, 6.45) is -5.59. The Morgan fingerprint density at radius 2 is 1.50 bits per heavy atom. The van der Waals surface area contributed by atoms with Gasteiger partial charge in [0.25, 0.3) is 0 Å². The first-order valence-corrected chi connectivity index (χ1v) is 7.89. The summed E-state index contributed by atoms with van der Waals surface area (Å²) in [7, 11) is -2.49. The molecule has 0 heterocycles. The van der Waals surface area contributed by atoms with Gasteiger partial charge in [-0.1, -0.05) is 13.8 Å². The van der Waals surface area contributed by atoms with Crippen LogP contribution >= 0.6 is 0 Å². The van der Waals surface area contributed by atoms with Crippen LogP contribution in [0, 0.1) is 0 Å². The Labute approximate surface area is 117 Å². The average molecular weight is 346 g/mol. The molecule has 0 amide bonds. The Balaban J connectivity index is 0. The van der Waals surface area contributed by atoms with Gasteiger partial charge in [-0.15, -0.1) is 0 Å². The van der Waals surface area contributed by atoms with Gasteiger partial charge in [0.15, 0.2) is 8.32 Å². The molecule has 0 rings (SSSR count). The predicted molar refractivity (Wildman–Crippen MR) is 55.6 cm³/mol. The maximum absolute atomic E-state index is 12.4. The first-order valence-electron chi connectivity index (χ1n) is 5.32. The van der Waals surface area contributed by atoms with Crippen LogP contribution in [0.25, 0.3) is 0 Å². The Kier molecular flexibility index (Phi) is 9.06. The van der Waals surface area contributed by atoms with Gasteiger partial charge in [-0.25, -0.2) is 0 Å². The minimum atomic E-state index is -5.59. The van der Waals surface area contributed by atoms with Crippen molar-refractivity contribution in [2.75, 3.05) is 13.2 Å². The van der Waals surface area contributed by atoms with Gasteiger partial charge in [-0.05, 0) is 18.1 Å². The summed E-state index contributed by atoms with van der Waals surface area (Å²) in [5.74, 6) is -4.83. The molecular weight excluding hydrogens is 329 g/mol. The van der Waals surface area contributed by atoms with E-state index in [9.17, 15) is 26.7 Å². The third-order valence-corrected chi connectivity index (χ3v) is 6.49. The van der Waals surface area contributed by atoms with Crippen LogP contribution in [0.2, 0.25) is 18.1 Å². The summed E-state index contributed by atoms with van der Waals surface area (Å²) >= 11 is 0. The van der Waals surface area contributed by atoms with Gasteiger partial charge in [0.05, 0.1) is 0 Å². The van der Waals surface area contributed by atoms with Crippen molar-refractivity contribution in [1.29, 1.82) is 0 Å². The molecule has 0 spiro atoms. The number of ether oxygens (including phenoxy) is 1. The summed E-state index contributed by atoms with van der Waals surface area (Å²) < 4.78 is 64.4. The molecule has 18 heavy (non-hydrogen) atoms. The maximum atomic E-state index is 12.4. The second kappa shape index (κ2) is 7.87. The summed E-state index contributed by atoms with van der Waals surface area (Å²) in [4.78, 5) is 9.87. The van der Waals surface area contributed by atoms with E-state index in [4.69, 9.17) is 0 Å². The first-order chi connectivity index (χ1) is 7.58. The minimum Gasteiger partial charge on any atom is -0.432 e. The molecule has 1 N–H and O–H groups in total. The zero-order valence-electron chi connectivity index (χ0n) is 10.5. The largest absolute Gasteiger partial charge is 0.455 e. The van der Waals surface area contributed by atoms with E-state index in [-0.39, 0.29) is 32.1 Å². The molecule has 0 aliphatic carbocycles. The SMILES string of the molecule is CC[Si](O)(CC)CCOCC(F)(F)C(F)(F)F.[Zn]. The Morgan fingerprint density at radius 3 is 1.83 bits per heavy atom. The van der Waals surface area contributed by atoms with Crippen LogP contribution < -0.4 is 0 Å². The molecule has 0 bridgehead atoms. The molecule has 0 aromatic rings. The van der Waals surface area contributed by atoms with Crippen molar-refractivity contribution >= 4 is 8.32 Å². The fourth-order valence-corrected chi connectivity index (χ4v) is 2.88. The summed E-state index contributed by atoms with van der Waals surface area (Å²) in [6, 6.07) is 1.24. The minimum absolute atomic E-state index is 0. The molecule has 0 fully saturated rings. The zero-order valence-corrected chi connectivity index (χ0v) is 14.5. The molecule has 2 nitrogen and oxygen atoms in total. The van der Waals surface area contributed by atoms with E-state index in [1.807, 2.05) is 0 Å². The van der Waals surface area contributed by atoms with Crippen molar-refractivity contribution in [1.82, 2.24) is 0 Å². The average Bonchev–Trinajstić information content (AvgIpc) is 2.22. The summed E-state index contributed by atoms with van der Waals surface area (Å²) in [6.45, 7) is 1.57. The van der Waals surface area contributed by atoms with Crippen LogP contribution in [0.15, 0.2) is 0 Å². The number of alkyl halides is 5. The van der Waals surface area contributed by atoms with Crippen molar-refractivity contribution in [2.24, 2.45) is 0 Å². The molecule has 0 saturated carbocycles. The van der Waals surface area contributed by atoms with E-state index in [1.165, 1.54) is 0 Å². The molecule has 0 radical (unpaired) electrons. The smallest absolute Gasteiger partial charge is 0.432 e. The van der Waals surface area contributed by atoms with Crippen molar-refractivity contribution in [3.8, 4) is 0 Å². The quantitative estimate of drug-likeness (QED) is 0.436. The molecule has 0 aromatic heterocycles. The second-order valence-electron chi connectivity index (χ2n) is 3.94. The molecule has 0 atom stereocenters. The van der Waals surface area contributed by atoms with Gasteiger partial charge in [0.2, 0.25) is 0 Å². The normalized spacial score (nSPS) is 13.3. The Bertz CT molecular complexity index is 233. The molecule has 0 aliphatic rings. The molecule has 0 aromatic carbocycles. The fraction of sp³-hybridized carbons (Fsp3) is 1.00. The van der Waals surface area contributed by atoms with E-state index in [2.05, 4.69) is 4.74 Å². The summed E-state index contributed by atoms with van der Waals surface area (Å²) in [5, 5.41) is 0. The van der Waals surface area contributed by atoms with E-state index in [0.29, 0.717) is 12.1 Å². The first kappa shape index (κ1) is 20.7. The van der Waals surface area contributed by atoms with Crippen LogP contribution in [0.4, 0.5) is 22.0 Å². The van der Waals surface area contributed by atoms with Gasteiger partial charge >= 0.3 is 12.1 Å². The maximum Gasteiger partial charge on any atom is 0.455 e. The monoisotopic (exact) mass is 344 g/mol. The molecule has 106 valence electrons. The van der Waals surface area contributed by atoms with E-state index >= 15 is 0 Å². The van der Waals surface area contributed by atoms with E-state index in [1.54, 1.807) is 13.8 Å². The molecule has 9 heteroatoms. The summed E-state index contributed by atoms with van der Waals surface area (Å²) in [5.41, 5.74) is 0. The number of hydrogen-bond acceptors (Lipinski definition) is 2. The Hall–Kier alpha value is 0.410. The predicted octanol–water partition coefficient (Wildman–Crippen LogP) is 3.18. The second-order valence-corrected chi connectivity index (χ2v) is 8.30. The third-order valence-electron chi connectivity index (χ3n) is 2.73. The van der Waals surface area contributed by atoms with Crippen molar-refractivity contribution < 1.29 is 51.0 Å². The number of rotatable bonds is 7. The van der Waals surface area contributed by atoms with Gasteiger partial charge in [-0.3, -0.25) is 0 Å². The van der Waals surface area contributed by atoms with Crippen LogP contribution in [-0.4, -0.2) is 38.4 Å². The zero-order chi connectivity index (χ0) is 13.7. The molecular formula is C9H17F5O2SiZn. The van der Waals surface area contributed by atoms with Crippen LogP contribution in [-0.2, 0) is 24.2 Å². The third kappa shape index (κ3) is 6.54. The van der Waals surface area contributed by atoms with Gasteiger partial charge in [0.1, 0.15) is 6.61 Å². The number of halogens is 5. The molecule has 0 unspecified atom stereocenters. The van der Waals surface area contributed by atoms with E-state index in [0.717, 1.165) is 0 Å². The molecule has 0 aliphatic heterocycles. The number of hydrogen-bond donors (Lipinski definition) is 1. The van der Waals surface area contributed by atoms with Crippen molar-refractivity contribution in [3.63, 3.8) is 0 Å². The topological polar surface area (TPSA) is 29.5 Å².